The van der Waals surface area contributed by atoms with Gasteiger partial charge in [0.05, 0.1) is 17.1 Å². The van der Waals surface area contributed by atoms with Crippen molar-refractivity contribution in [3.63, 3.8) is 0 Å². The lowest BCUT2D eigenvalue weighted by atomic mass is 9.74. The van der Waals surface area contributed by atoms with E-state index in [0.717, 1.165) is 29.7 Å². The molecule has 0 bridgehead atoms. The highest BCUT2D eigenvalue weighted by molar-refractivity contribution is 6.48. The molecule has 2 aliphatic heterocycles. The Bertz CT molecular complexity index is 1110. The van der Waals surface area contributed by atoms with Crippen molar-refractivity contribution in [3.05, 3.63) is 65.7 Å². The Morgan fingerprint density at radius 1 is 0.947 bits per heavy atom. The topological polar surface area (TPSA) is 79.9 Å². The molecule has 0 unspecified atom stereocenters. The van der Waals surface area contributed by atoms with Crippen LogP contribution in [-0.2, 0) is 26.9 Å². The lowest BCUT2D eigenvalue weighted by molar-refractivity contribution is -0.123. The fourth-order valence-corrected chi connectivity index (χ4v) is 5.11. The molecule has 2 atom stereocenters. The number of carbonyl (C=O) groups is 2. The van der Waals surface area contributed by atoms with Crippen molar-refractivity contribution in [3.8, 4) is 0 Å². The lowest BCUT2D eigenvalue weighted by Crippen LogP contribution is -2.57. The Balaban J connectivity index is 1.55. The van der Waals surface area contributed by atoms with E-state index in [-0.39, 0.29) is 17.9 Å². The number of nitrogens with one attached hydrogen (secondary N) is 2. The molecule has 2 heterocycles. The number of hydrogen-bond donors (Lipinski definition) is 2. The molecule has 204 valence electrons. The van der Waals surface area contributed by atoms with Gasteiger partial charge in [-0.25, -0.2) is 4.79 Å². The van der Waals surface area contributed by atoms with Crippen molar-refractivity contribution in [2.75, 3.05) is 11.4 Å². The van der Waals surface area contributed by atoms with Gasteiger partial charge in [0.2, 0.25) is 5.91 Å². The quantitative estimate of drug-likeness (QED) is 0.486. The van der Waals surface area contributed by atoms with E-state index in [9.17, 15) is 9.59 Å². The summed E-state index contributed by atoms with van der Waals surface area (Å²) in [5, 5.41) is 6.24. The zero-order chi connectivity index (χ0) is 27.5. The summed E-state index contributed by atoms with van der Waals surface area (Å²) in [5.41, 5.74) is 2.03. The van der Waals surface area contributed by atoms with E-state index >= 15 is 0 Å². The molecule has 0 radical (unpaired) electrons. The molecule has 0 aromatic heterocycles. The SMILES string of the molecule is CC(C)C[C@H](NC(=O)[C@H](Cc1ccccc1)NC(=O)N1CCCc2ccccc21)B1OC(C)(C)C(C)(C)O1. The number of nitrogens with zero attached hydrogens (tertiary/aromatic N) is 1. The Morgan fingerprint density at radius 2 is 1.58 bits per heavy atom. The van der Waals surface area contributed by atoms with Gasteiger partial charge < -0.3 is 19.9 Å². The molecule has 2 N–H and O–H groups in total. The third kappa shape index (κ3) is 6.41. The summed E-state index contributed by atoms with van der Waals surface area (Å²) in [6.07, 6.45) is 2.90. The number of amides is 3. The van der Waals surface area contributed by atoms with Gasteiger partial charge in [0.15, 0.2) is 0 Å². The maximum atomic E-state index is 13.8. The van der Waals surface area contributed by atoms with E-state index in [0.29, 0.717) is 25.3 Å². The molecular weight excluding hydrogens is 477 g/mol. The van der Waals surface area contributed by atoms with E-state index in [1.165, 1.54) is 0 Å². The van der Waals surface area contributed by atoms with Crippen LogP contribution in [0.2, 0.25) is 0 Å². The van der Waals surface area contributed by atoms with E-state index in [1.54, 1.807) is 4.90 Å². The molecule has 2 aromatic rings. The summed E-state index contributed by atoms with van der Waals surface area (Å²) >= 11 is 0. The van der Waals surface area contributed by atoms with Gasteiger partial charge >= 0.3 is 13.1 Å². The number of benzene rings is 2. The fourth-order valence-electron chi connectivity index (χ4n) is 5.11. The van der Waals surface area contributed by atoms with E-state index in [4.69, 9.17) is 9.31 Å². The Kier molecular flexibility index (Phi) is 8.53. The number of urea groups is 1. The monoisotopic (exact) mass is 519 g/mol. The summed E-state index contributed by atoms with van der Waals surface area (Å²) in [6, 6.07) is 16.7. The molecule has 0 saturated carbocycles. The van der Waals surface area contributed by atoms with Crippen LogP contribution in [-0.4, -0.2) is 48.8 Å². The number of anilines is 1. The second-order valence-corrected chi connectivity index (χ2v) is 11.9. The highest BCUT2D eigenvalue weighted by Crippen LogP contribution is 2.38. The molecule has 2 aromatic carbocycles. The number of hydrogen-bond acceptors (Lipinski definition) is 4. The standard InChI is InChI=1S/C30H42BN3O4/c1-21(2)19-26(31-37-29(3,4)30(5,6)38-31)33-27(35)24(20-22-13-8-7-9-14-22)32-28(36)34-18-12-16-23-15-10-11-17-25(23)34/h7-11,13-15,17,21,24,26H,12,16,18-20H2,1-6H3,(H,32,36)(H,33,35)/t24-,26-/m0/s1. The van der Waals surface area contributed by atoms with Crippen molar-refractivity contribution < 1.29 is 18.9 Å². The van der Waals surface area contributed by atoms with E-state index in [2.05, 4.69) is 30.5 Å². The maximum absolute atomic E-state index is 13.8. The number of aryl methyl sites for hydroxylation is 1. The highest BCUT2D eigenvalue weighted by atomic mass is 16.7. The van der Waals surface area contributed by atoms with Gasteiger partial charge in [-0.1, -0.05) is 62.4 Å². The van der Waals surface area contributed by atoms with Crippen molar-refractivity contribution in [2.24, 2.45) is 5.92 Å². The summed E-state index contributed by atoms with van der Waals surface area (Å²) in [7, 11) is -0.576. The first-order valence-corrected chi connectivity index (χ1v) is 13.8. The summed E-state index contributed by atoms with van der Waals surface area (Å²) in [6.45, 7) is 12.9. The first kappa shape index (κ1) is 28.2. The Hall–Kier alpha value is -2.84. The molecule has 1 fully saturated rings. The van der Waals surface area contributed by atoms with Gasteiger partial charge in [0, 0.05) is 18.7 Å². The molecule has 38 heavy (non-hydrogen) atoms. The number of para-hydroxylation sites is 1. The molecule has 4 rings (SSSR count). The highest BCUT2D eigenvalue weighted by Gasteiger charge is 2.54. The molecule has 0 spiro atoms. The molecule has 7 nitrogen and oxygen atoms in total. The van der Waals surface area contributed by atoms with Gasteiger partial charge in [-0.05, 0) is 70.1 Å². The largest absolute Gasteiger partial charge is 0.481 e. The molecule has 0 aliphatic carbocycles. The third-order valence-corrected chi connectivity index (χ3v) is 7.91. The molecule has 8 heteroatoms. The predicted octanol–water partition coefficient (Wildman–Crippen LogP) is 4.92. The molecule has 2 aliphatic rings. The average Bonchev–Trinajstić information content (AvgIpc) is 3.09. The zero-order valence-corrected chi connectivity index (χ0v) is 23.6. The van der Waals surface area contributed by atoms with Crippen molar-refractivity contribution in [2.45, 2.75) is 90.4 Å². The number of fused-ring (bicyclic) bond motifs is 1. The first-order chi connectivity index (χ1) is 18.0. The Morgan fingerprint density at radius 3 is 2.24 bits per heavy atom. The van der Waals surface area contributed by atoms with Crippen LogP contribution in [0.5, 0.6) is 0 Å². The van der Waals surface area contributed by atoms with Gasteiger partial charge in [0.25, 0.3) is 0 Å². The van der Waals surface area contributed by atoms with Crippen molar-refractivity contribution >= 4 is 24.7 Å². The van der Waals surface area contributed by atoms with E-state index < -0.39 is 24.4 Å². The van der Waals surface area contributed by atoms with Gasteiger partial charge in [-0.15, -0.1) is 0 Å². The van der Waals surface area contributed by atoms with Crippen LogP contribution >= 0.6 is 0 Å². The van der Waals surface area contributed by atoms with Crippen LogP contribution < -0.4 is 15.5 Å². The third-order valence-electron chi connectivity index (χ3n) is 7.91. The van der Waals surface area contributed by atoms with Crippen molar-refractivity contribution in [1.82, 2.24) is 10.6 Å². The maximum Gasteiger partial charge on any atom is 0.481 e. The minimum Gasteiger partial charge on any atom is -0.402 e. The summed E-state index contributed by atoms with van der Waals surface area (Å²) < 4.78 is 12.6. The second kappa shape index (κ2) is 11.5. The second-order valence-electron chi connectivity index (χ2n) is 11.9. The first-order valence-electron chi connectivity index (χ1n) is 13.8. The van der Waals surface area contributed by atoms with Crippen LogP contribution in [0, 0.1) is 5.92 Å². The smallest absolute Gasteiger partial charge is 0.402 e. The molecule has 1 saturated heterocycles. The lowest BCUT2D eigenvalue weighted by Gasteiger charge is -2.32. The fraction of sp³-hybridized carbons (Fsp3) is 0.533. The summed E-state index contributed by atoms with van der Waals surface area (Å²) in [5.74, 6) is -0.284. The van der Waals surface area contributed by atoms with Crippen LogP contribution in [0.4, 0.5) is 10.5 Å². The van der Waals surface area contributed by atoms with Gasteiger partial charge in [-0.3, -0.25) is 9.69 Å². The molecular formula is C30H42BN3O4. The molecule has 3 amide bonds. The van der Waals surface area contributed by atoms with Crippen LogP contribution in [0.3, 0.4) is 0 Å². The normalized spacial score (nSPS) is 19.6. The zero-order valence-electron chi connectivity index (χ0n) is 23.6. The number of carbonyl (C=O) groups excluding carboxylic acids is 2. The van der Waals surface area contributed by atoms with Crippen molar-refractivity contribution in [1.29, 1.82) is 0 Å². The van der Waals surface area contributed by atoms with Gasteiger partial charge in [0.1, 0.15) is 6.04 Å². The van der Waals surface area contributed by atoms with Gasteiger partial charge in [-0.2, -0.15) is 0 Å². The van der Waals surface area contributed by atoms with Crippen LogP contribution in [0.15, 0.2) is 54.6 Å². The minimum atomic E-state index is -0.754. The van der Waals surface area contributed by atoms with Crippen LogP contribution in [0.1, 0.15) is 65.5 Å². The minimum absolute atomic E-state index is 0.243. The summed E-state index contributed by atoms with van der Waals surface area (Å²) in [4.78, 5) is 29.1. The number of rotatable bonds is 8. The average molecular weight is 519 g/mol. The van der Waals surface area contributed by atoms with Crippen LogP contribution in [0.25, 0.3) is 0 Å². The predicted molar refractivity (Wildman–Crippen MR) is 152 cm³/mol. The Labute approximate surface area is 227 Å². The van der Waals surface area contributed by atoms with E-state index in [1.807, 2.05) is 76.2 Å².